The van der Waals surface area contributed by atoms with Gasteiger partial charge in [0.25, 0.3) is 0 Å². The fraction of sp³-hybridized carbons (Fsp3) is 0.733. The van der Waals surface area contributed by atoms with E-state index in [2.05, 4.69) is 37.5 Å². The molecule has 1 atom stereocenters. The van der Waals surface area contributed by atoms with Gasteiger partial charge in [-0.1, -0.05) is 26.7 Å². The van der Waals surface area contributed by atoms with Gasteiger partial charge in [0.1, 0.15) is 0 Å². The Labute approximate surface area is 110 Å². The summed E-state index contributed by atoms with van der Waals surface area (Å²) in [6.45, 7) is 8.13. The van der Waals surface area contributed by atoms with Crippen molar-refractivity contribution in [1.29, 1.82) is 0 Å². The number of rotatable bonds is 5. The van der Waals surface area contributed by atoms with E-state index in [1.54, 1.807) is 5.56 Å². The number of thiophene rings is 1. The van der Waals surface area contributed by atoms with Crippen molar-refractivity contribution >= 4 is 11.3 Å². The Bertz CT molecular complexity index is 350. The Balaban J connectivity index is 2.21. The van der Waals surface area contributed by atoms with Crippen LogP contribution in [0.25, 0.3) is 0 Å². The summed E-state index contributed by atoms with van der Waals surface area (Å²) < 4.78 is 0. The van der Waals surface area contributed by atoms with E-state index in [0.717, 1.165) is 6.54 Å². The Morgan fingerprint density at radius 1 is 1.41 bits per heavy atom. The lowest BCUT2D eigenvalue weighted by Crippen LogP contribution is -2.35. The van der Waals surface area contributed by atoms with Crippen LogP contribution >= 0.6 is 11.3 Å². The average molecular weight is 251 g/mol. The van der Waals surface area contributed by atoms with Crippen LogP contribution in [0, 0.1) is 12.3 Å². The van der Waals surface area contributed by atoms with E-state index < -0.39 is 0 Å². The third kappa shape index (κ3) is 2.74. The highest BCUT2D eigenvalue weighted by molar-refractivity contribution is 7.10. The van der Waals surface area contributed by atoms with E-state index in [9.17, 15) is 0 Å². The van der Waals surface area contributed by atoms with Crippen molar-refractivity contribution in [3.05, 3.63) is 21.9 Å². The van der Waals surface area contributed by atoms with E-state index in [0.29, 0.717) is 11.5 Å². The maximum atomic E-state index is 3.80. The Morgan fingerprint density at radius 2 is 2.12 bits per heavy atom. The molecule has 1 N–H and O–H groups in total. The molecule has 1 aromatic heterocycles. The van der Waals surface area contributed by atoms with Gasteiger partial charge in [-0.25, -0.2) is 0 Å². The molecule has 0 aromatic carbocycles. The Hall–Kier alpha value is -0.340. The lowest BCUT2D eigenvalue weighted by molar-refractivity contribution is 0.223. The molecule has 1 fully saturated rings. The van der Waals surface area contributed by atoms with Crippen LogP contribution in [0.15, 0.2) is 11.4 Å². The highest BCUT2D eigenvalue weighted by atomic mass is 32.1. The molecule has 0 aliphatic heterocycles. The monoisotopic (exact) mass is 251 g/mol. The van der Waals surface area contributed by atoms with Crippen molar-refractivity contribution in [2.75, 3.05) is 6.54 Å². The van der Waals surface area contributed by atoms with Crippen LogP contribution in [-0.2, 0) is 0 Å². The molecule has 1 nitrogen and oxygen atoms in total. The van der Waals surface area contributed by atoms with Crippen LogP contribution in [0.5, 0.6) is 0 Å². The summed E-state index contributed by atoms with van der Waals surface area (Å²) in [5.74, 6) is 0. The summed E-state index contributed by atoms with van der Waals surface area (Å²) in [5, 5.41) is 6.04. The highest BCUT2D eigenvalue weighted by Gasteiger charge is 2.38. The van der Waals surface area contributed by atoms with Gasteiger partial charge in [0.05, 0.1) is 0 Å². The molecule has 2 heteroatoms. The second-order valence-corrected chi connectivity index (χ2v) is 6.80. The van der Waals surface area contributed by atoms with Gasteiger partial charge in [-0.15, -0.1) is 11.3 Å². The number of hydrogen-bond donors (Lipinski definition) is 1. The standard InChI is InChI=1S/C15H25NS/c1-4-10-16-14(13-7-11-17-12(13)2)15(3)8-5-6-9-15/h7,11,14,16H,4-6,8-10H2,1-3H3. The van der Waals surface area contributed by atoms with Crippen LogP contribution in [0.2, 0.25) is 0 Å². The summed E-state index contributed by atoms with van der Waals surface area (Å²) >= 11 is 1.88. The van der Waals surface area contributed by atoms with Gasteiger partial charge in [0, 0.05) is 10.9 Å². The molecule has 1 heterocycles. The van der Waals surface area contributed by atoms with Crippen LogP contribution in [-0.4, -0.2) is 6.54 Å². The highest BCUT2D eigenvalue weighted by Crippen LogP contribution is 2.48. The first-order valence-corrected chi connectivity index (χ1v) is 7.83. The van der Waals surface area contributed by atoms with Gasteiger partial charge in [-0.3, -0.25) is 0 Å². The van der Waals surface area contributed by atoms with Crippen molar-refractivity contribution in [2.45, 2.75) is 58.9 Å². The predicted molar refractivity (Wildman–Crippen MR) is 76.7 cm³/mol. The third-order valence-corrected chi connectivity index (χ3v) is 5.11. The van der Waals surface area contributed by atoms with Crippen LogP contribution in [0.3, 0.4) is 0 Å². The zero-order valence-electron chi connectivity index (χ0n) is 11.4. The number of hydrogen-bond acceptors (Lipinski definition) is 2. The molecule has 0 spiro atoms. The molecule has 0 saturated heterocycles. The topological polar surface area (TPSA) is 12.0 Å². The van der Waals surface area contributed by atoms with Gasteiger partial charge in [0.15, 0.2) is 0 Å². The first-order chi connectivity index (χ1) is 8.17. The van der Waals surface area contributed by atoms with Gasteiger partial charge in [-0.2, -0.15) is 0 Å². The second kappa shape index (κ2) is 5.53. The van der Waals surface area contributed by atoms with Crippen molar-refractivity contribution in [1.82, 2.24) is 5.32 Å². The van der Waals surface area contributed by atoms with Gasteiger partial charge in [0.2, 0.25) is 0 Å². The molecule has 96 valence electrons. The number of nitrogens with one attached hydrogen (secondary N) is 1. The lowest BCUT2D eigenvalue weighted by Gasteiger charge is -2.35. The fourth-order valence-electron chi connectivity index (χ4n) is 3.19. The SMILES string of the molecule is CCCNC(c1ccsc1C)C1(C)CCCC1. The molecule has 0 bridgehead atoms. The summed E-state index contributed by atoms with van der Waals surface area (Å²) in [5.41, 5.74) is 2.02. The van der Waals surface area contributed by atoms with Crippen LogP contribution < -0.4 is 5.32 Å². The van der Waals surface area contributed by atoms with E-state index in [-0.39, 0.29) is 0 Å². The molecule has 1 aliphatic rings. The lowest BCUT2D eigenvalue weighted by atomic mass is 9.77. The Kier molecular flexibility index (Phi) is 4.26. The van der Waals surface area contributed by atoms with Crippen LogP contribution in [0.1, 0.15) is 62.4 Å². The second-order valence-electron chi connectivity index (χ2n) is 5.68. The maximum Gasteiger partial charge on any atom is 0.0385 e. The van der Waals surface area contributed by atoms with Crippen molar-refractivity contribution in [2.24, 2.45) is 5.41 Å². The molecule has 1 aromatic rings. The van der Waals surface area contributed by atoms with Crippen molar-refractivity contribution in [3.63, 3.8) is 0 Å². The average Bonchev–Trinajstić information content (AvgIpc) is 2.90. The van der Waals surface area contributed by atoms with Gasteiger partial charge < -0.3 is 5.32 Å². The molecule has 1 unspecified atom stereocenters. The summed E-state index contributed by atoms with van der Waals surface area (Å²) in [6.07, 6.45) is 6.79. The van der Waals surface area contributed by atoms with Gasteiger partial charge >= 0.3 is 0 Å². The first-order valence-electron chi connectivity index (χ1n) is 6.95. The molecular weight excluding hydrogens is 226 g/mol. The number of aryl methyl sites for hydroxylation is 1. The predicted octanol–water partition coefficient (Wildman–Crippen LogP) is 4.68. The third-order valence-electron chi connectivity index (χ3n) is 4.25. The first kappa shape index (κ1) is 13.1. The molecule has 0 amide bonds. The summed E-state index contributed by atoms with van der Waals surface area (Å²) in [4.78, 5) is 1.49. The minimum Gasteiger partial charge on any atom is -0.309 e. The zero-order valence-corrected chi connectivity index (χ0v) is 12.2. The van der Waals surface area contributed by atoms with Gasteiger partial charge in [-0.05, 0) is 55.2 Å². The minimum absolute atomic E-state index is 0.473. The van der Waals surface area contributed by atoms with Crippen molar-refractivity contribution < 1.29 is 0 Å². The van der Waals surface area contributed by atoms with Crippen LogP contribution in [0.4, 0.5) is 0 Å². The Morgan fingerprint density at radius 3 is 2.65 bits per heavy atom. The molecule has 2 rings (SSSR count). The fourth-order valence-corrected chi connectivity index (χ4v) is 3.93. The summed E-state index contributed by atoms with van der Waals surface area (Å²) in [7, 11) is 0. The normalized spacial score (nSPS) is 20.6. The molecular formula is C15H25NS. The smallest absolute Gasteiger partial charge is 0.0385 e. The van der Waals surface area contributed by atoms with E-state index in [4.69, 9.17) is 0 Å². The van der Waals surface area contributed by atoms with E-state index in [1.165, 1.54) is 37.0 Å². The quantitative estimate of drug-likeness (QED) is 0.801. The largest absolute Gasteiger partial charge is 0.309 e. The van der Waals surface area contributed by atoms with E-state index >= 15 is 0 Å². The molecule has 17 heavy (non-hydrogen) atoms. The minimum atomic E-state index is 0.473. The molecule has 1 aliphatic carbocycles. The summed E-state index contributed by atoms with van der Waals surface area (Å²) in [6, 6.07) is 2.90. The van der Waals surface area contributed by atoms with E-state index in [1.807, 2.05) is 11.3 Å². The van der Waals surface area contributed by atoms with Crippen molar-refractivity contribution in [3.8, 4) is 0 Å². The maximum absolute atomic E-state index is 3.80. The molecule has 1 saturated carbocycles. The molecule has 0 radical (unpaired) electrons. The zero-order chi connectivity index (χ0) is 12.3.